The number of amides is 1. The third-order valence-corrected chi connectivity index (χ3v) is 2.44. The lowest BCUT2D eigenvalue weighted by atomic mass is 10.2. The molecule has 1 N–H and O–H groups in total. The SMILES string of the molecule is CC1CN(c2nccnc2Cl)CC(=O)N1. The molecule has 6 heteroatoms. The molecule has 1 unspecified atom stereocenters. The summed E-state index contributed by atoms with van der Waals surface area (Å²) in [6.07, 6.45) is 3.09. The van der Waals surface area contributed by atoms with Crippen LogP contribution in [-0.4, -0.2) is 35.0 Å². The topological polar surface area (TPSA) is 58.1 Å². The van der Waals surface area contributed by atoms with Crippen molar-refractivity contribution in [2.24, 2.45) is 0 Å². The van der Waals surface area contributed by atoms with E-state index in [4.69, 9.17) is 11.6 Å². The zero-order chi connectivity index (χ0) is 10.8. The average Bonchev–Trinajstić information content (AvgIpc) is 2.16. The van der Waals surface area contributed by atoms with Crippen LogP contribution in [0.1, 0.15) is 6.92 Å². The van der Waals surface area contributed by atoms with E-state index in [9.17, 15) is 4.79 Å². The minimum atomic E-state index is -0.0181. The van der Waals surface area contributed by atoms with Gasteiger partial charge in [-0.25, -0.2) is 9.97 Å². The number of hydrogen-bond donors (Lipinski definition) is 1. The van der Waals surface area contributed by atoms with E-state index < -0.39 is 0 Å². The van der Waals surface area contributed by atoms with Gasteiger partial charge in [0.2, 0.25) is 5.91 Å². The number of aromatic nitrogens is 2. The largest absolute Gasteiger partial charge is 0.350 e. The summed E-state index contributed by atoms with van der Waals surface area (Å²) >= 11 is 5.91. The van der Waals surface area contributed by atoms with Crippen molar-refractivity contribution in [3.8, 4) is 0 Å². The molecule has 5 nitrogen and oxygen atoms in total. The summed E-state index contributed by atoms with van der Waals surface area (Å²) in [5.74, 6) is 0.552. The number of anilines is 1. The van der Waals surface area contributed by atoms with Crippen LogP contribution in [0.5, 0.6) is 0 Å². The number of halogens is 1. The number of carbonyl (C=O) groups is 1. The Bertz CT molecular complexity index is 384. The Hall–Kier alpha value is -1.36. The van der Waals surface area contributed by atoms with Crippen LogP contribution in [0.4, 0.5) is 5.82 Å². The number of nitrogens with zero attached hydrogens (tertiary/aromatic N) is 3. The van der Waals surface area contributed by atoms with Crippen molar-refractivity contribution < 1.29 is 4.79 Å². The molecule has 15 heavy (non-hydrogen) atoms. The van der Waals surface area contributed by atoms with Crippen molar-refractivity contribution in [1.82, 2.24) is 15.3 Å². The van der Waals surface area contributed by atoms with Crippen molar-refractivity contribution in [2.75, 3.05) is 18.0 Å². The molecule has 0 bridgehead atoms. The Morgan fingerprint density at radius 3 is 2.93 bits per heavy atom. The summed E-state index contributed by atoms with van der Waals surface area (Å²) in [4.78, 5) is 21.2. The monoisotopic (exact) mass is 226 g/mol. The van der Waals surface area contributed by atoms with E-state index in [0.717, 1.165) is 0 Å². The molecule has 1 aliphatic heterocycles. The Balaban J connectivity index is 2.23. The summed E-state index contributed by atoms with van der Waals surface area (Å²) in [7, 11) is 0. The molecule has 1 amide bonds. The van der Waals surface area contributed by atoms with Gasteiger partial charge in [-0.1, -0.05) is 11.6 Å². The first-order chi connectivity index (χ1) is 7.16. The first kappa shape index (κ1) is 10.2. The summed E-state index contributed by atoms with van der Waals surface area (Å²) in [5, 5.41) is 3.16. The zero-order valence-electron chi connectivity index (χ0n) is 8.27. The Morgan fingerprint density at radius 1 is 1.53 bits per heavy atom. The number of hydrogen-bond acceptors (Lipinski definition) is 4. The van der Waals surface area contributed by atoms with Crippen LogP contribution in [0.2, 0.25) is 5.15 Å². The van der Waals surface area contributed by atoms with Crippen molar-refractivity contribution in [1.29, 1.82) is 0 Å². The van der Waals surface area contributed by atoms with Crippen LogP contribution in [0.25, 0.3) is 0 Å². The molecule has 1 fully saturated rings. The van der Waals surface area contributed by atoms with Crippen LogP contribution < -0.4 is 10.2 Å². The van der Waals surface area contributed by atoms with Gasteiger partial charge in [-0.05, 0) is 6.92 Å². The van der Waals surface area contributed by atoms with Gasteiger partial charge >= 0.3 is 0 Å². The Morgan fingerprint density at radius 2 is 2.27 bits per heavy atom. The van der Waals surface area contributed by atoms with E-state index in [-0.39, 0.29) is 18.5 Å². The highest BCUT2D eigenvalue weighted by atomic mass is 35.5. The molecular weight excluding hydrogens is 216 g/mol. The molecule has 1 aromatic rings. The average molecular weight is 227 g/mol. The van der Waals surface area contributed by atoms with E-state index in [0.29, 0.717) is 17.5 Å². The van der Waals surface area contributed by atoms with Gasteiger partial charge in [0.1, 0.15) is 0 Å². The van der Waals surface area contributed by atoms with Gasteiger partial charge in [0.25, 0.3) is 0 Å². The van der Waals surface area contributed by atoms with Gasteiger partial charge in [-0.2, -0.15) is 0 Å². The van der Waals surface area contributed by atoms with Crippen LogP contribution in [0.15, 0.2) is 12.4 Å². The highest BCUT2D eigenvalue weighted by molar-refractivity contribution is 6.31. The number of nitrogens with one attached hydrogen (secondary N) is 1. The highest BCUT2D eigenvalue weighted by Crippen LogP contribution is 2.20. The summed E-state index contributed by atoms with van der Waals surface area (Å²) in [5.41, 5.74) is 0. The van der Waals surface area contributed by atoms with Crippen LogP contribution in [-0.2, 0) is 4.79 Å². The van der Waals surface area contributed by atoms with Crippen molar-refractivity contribution in [3.05, 3.63) is 17.5 Å². The van der Waals surface area contributed by atoms with Gasteiger partial charge in [0.05, 0.1) is 6.54 Å². The molecule has 2 rings (SSSR count). The summed E-state index contributed by atoms with van der Waals surface area (Å²) < 4.78 is 0. The second-order valence-corrected chi connectivity index (χ2v) is 3.88. The molecule has 0 spiro atoms. The van der Waals surface area contributed by atoms with E-state index in [1.807, 2.05) is 11.8 Å². The maximum atomic E-state index is 11.3. The van der Waals surface area contributed by atoms with Crippen molar-refractivity contribution >= 4 is 23.3 Å². The van der Waals surface area contributed by atoms with E-state index >= 15 is 0 Å². The maximum absolute atomic E-state index is 11.3. The molecule has 2 heterocycles. The quantitative estimate of drug-likeness (QED) is 0.756. The molecule has 80 valence electrons. The van der Waals surface area contributed by atoms with Crippen LogP contribution in [0, 0.1) is 0 Å². The number of piperazine rings is 1. The normalized spacial score (nSPS) is 21.3. The highest BCUT2D eigenvalue weighted by Gasteiger charge is 2.24. The Labute approximate surface area is 92.5 Å². The van der Waals surface area contributed by atoms with Crippen LogP contribution in [0.3, 0.4) is 0 Å². The molecular formula is C9H11ClN4O. The molecule has 1 atom stereocenters. The lowest BCUT2D eigenvalue weighted by Gasteiger charge is -2.31. The minimum Gasteiger partial charge on any atom is -0.350 e. The Kier molecular flexibility index (Phi) is 2.73. The first-order valence-corrected chi connectivity index (χ1v) is 5.05. The molecule has 0 saturated carbocycles. The lowest BCUT2D eigenvalue weighted by molar-refractivity contribution is -0.121. The summed E-state index contributed by atoms with van der Waals surface area (Å²) in [6, 6.07) is 0.101. The minimum absolute atomic E-state index is 0.0181. The van der Waals surface area contributed by atoms with E-state index in [2.05, 4.69) is 15.3 Å². The lowest BCUT2D eigenvalue weighted by Crippen LogP contribution is -2.53. The predicted molar refractivity (Wildman–Crippen MR) is 56.9 cm³/mol. The second-order valence-electron chi connectivity index (χ2n) is 3.52. The first-order valence-electron chi connectivity index (χ1n) is 4.67. The maximum Gasteiger partial charge on any atom is 0.239 e. The van der Waals surface area contributed by atoms with E-state index in [1.54, 1.807) is 6.20 Å². The fourth-order valence-electron chi connectivity index (χ4n) is 1.62. The molecule has 1 aliphatic rings. The third-order valence-electron chi connectivity index (χ3n) is 2.17. The van der Waals surface area contributed by atoms with Crippen molar-refractivity contribution in [2.45, 2.75) is 13.0 Å². The van der Waals surface area contributed by atoms with Crippen LogP contribution >= 0.6 is 11.6 Å². The fraction of sp³-hybridized carbons (Fsp3) is 0.444. The summed E-state index contributed by atoms with van der Waals surface area (Å²) in [6.45, 7) is 2.92. The molecule has 1 aromatic heterocycles. The van der Waals surface area contributed by atoms with Gasteiger partial charge < -0.3 is 10.2 Å². The van der Waals surface area contributed by atoms with Gasteiger partial charge in [-0.15, -0.1) is 0 Å². The number of rotatable bonds is 1. The predicted octanol–water partition coefficient (Wildman–Crippen LogP) is 0.455. The molecule has 0 radical (unpaired) electrons. The molecule has 1 saturated heterocycles. The van der Waals surface area contributed by atoms with Gasteiger partial charge in [-0.3, -0.25) is 4.79 Å². The number of carbonyl (C=O) groups excluding carboxylic acids is 1. The van der Waals surface area contributed by atoms with E-state index in [1.165, 1.54) is 6.20 Å². The van der Waals surface area contributed by atoms with Gasteiger partial charge in [0, 0.05) is 25.0 Å². The molecule has 0 aliphatic carbocycles. The zero-order valence-corrected chi connectivity index (χ0v) is 9.03. The third kappa shape index (κ3) is 2.18. The van der Waals surface area contributed by atoms with Crippen molar-refractivity contribution in [3.63, 3.8) is 0 Å². The smallest absolute Gasteiger partial charge is 0.239 e. The van der Waals surface area contributed by atoms with Gasteiger partial charge in [0.15, 0.2) is 11.0 Å². The molecule has 0 aromatic carbocycles. The standard InChI is InChI=1S/C9H11ClN4O/c1-6-4-14(5-7(15)13-6)9-8(10)11-2-3-12-9/h2-3,6H,4-5H2,1H3,(H,13,15). The second kappa shape index (κ2) is 4.02. The fourth-order valence-corrected chi connectivity index (χ4v) is 1.85.